The Morgan fingerprint density at radius 2 is 2.40 bits per heavy atom. The Kier molecular flexibility index (Phi) is 5.48. The van der Waals surface area contributed by atoms with Crippen LogP contribution in [0.15, 0.2) is 22.1 Å². The van der Waals surface area contributed by atoms with Crippen molar-refractivity contribution in [1.29, 1.82) is 0 Å². The van der Waals surface area contributed by atoms with Gasteiger partial charge in [-0.3, -0.25) is 4.79 Å². The van der Waals surface area contributed by atoms with Crippen LogP contribution in [-0.2, 0) is 9.53 Å². The van der Waals surface area contributed by atoms with Crippen LogP contribution in [0.2, 0.25) is 0 Å². The molecule has 20 heavy (non-hydrogen) atoms. The molecule has 1 fully saturated rings. The van der Waals surface area contributed by atoms with Gasteiger partial charge in [0.2, 0.25) is 0 Å². The van der Waals surface area contributed by atoms with E-state index >= 15 is 0 Å². The molecule has 1 unspecified atom stereocenters. The molecule has 1 heterocycles. The zero-order chi connectivity index (χ0) is 14.4. The van der Waals surface area contributed by atoms with Crippen LogP contribution >= 0.6 is 11.8 Å². The van der Waals surface area contributed by atoms with Crippen molar-refractivity contribution in [2.45, 2.75) is 43.9 Å². The van der Waals surface area contributed by atoms with Gasteiger partial charge < -0.3 is 14.5 Å². The van der Waals surface area contributed by atoms with Crippen molar-refractivity contribution in [3.05, 3.63) is 12.5 Å². The van der Waals surface area contributed by atoms with Gasteiger partial charge >= 0.3 is 5.97 Å². The first-order chi connectivity index (χ1) is 9.73. The minimum absolute atomic E-state index is 0.144. The first-order valence-electron chi connectivity index (χ1n) is 7.17. The maximum atomic E-state index is 12.5. The summed E-state index contributed by atoms with van der Waals surface area (Å²) in [7, 11) is 0. The summed E-state index contributed by atoms with van der Waals surface area (Å²) in [5.74, 6) is 0.808. The Morgan fingerprint density at radius 3 is 2.95 bits per heavy atom. The number of hydrogen-bond donors (Lipinski definition) is 1. The maximum Gasteiger partial charge on any atom is 0.327 e. The highest BCUT2D eigenvalue weighted by molar-refractivity contribution is 7.99. The third-order valence-electron chi connectivity index (χ3n) is 3.44. The summed E-state index contributed by atoms with van der Waals surface area (Å²) in [6.45, 7) is 5.15. The van der Waals surface area contributed by atoms with Gasteiger partial charge in [-0.1, -0.05) is 18.7 Å². The molecule has 0 radical (unpaired) electrons. The number of rotatable bonds is 9. The van der Waals surface area contributed by atoms with Gasteiger partial charge in [0.15, 0.2) is 0 Å². The third-order valence-corrected chi connectivity index (χ3v) is 4.49. The van der Waals surface area contributed by atoms with E-state index in [0.717, 1.165) is 25.8 Å². The largest absolute Gasteiger partial charge is 0.465 e. The molecular formula is C14H22N2O3S. The second-order valence-corrected chi connectivity index (χ2v) is 5.91. The molecule has 1 aromatic rings. The molecule has 0 saturated heterocycles. The maximum absolute atomic E-state index is 12.5. The molecular weight excluding hydrogens is 276 g/mol. The van der Waals surface area contributed by atoms with Gasteiger partial charge in [0.05, 0.1) is 12.8 Å². The van der Waals surface area contributed by atoms with Gasteiger partial charge in [0.1, 0.15) is 11.8 Å². The van der Waals surface area contributed by atoms with Crippen molar-refractivity contribution in [2.75, 3.05) is 18.9 Å². The lowest BCUT2D eigenvalue weighted by molar-refractivity contribution is -0.151. The van der Waals surface area contributed by atoms with E-state index in [4.69, 9.17) is 9.15 Å². The number of nitrogens with one attached hydrogen (secondary N) is 1. The molecule has 1 N–H and O–H groups in total. The normalized spacial score (nSPS) is 17.7. The van der Waals surface area contributed by atoms with E-state index in [0.29, 0.717) is 23.5 Å². The van der Waals surface area contributed by atoms with Crippen LogP contribution in [0.25, 0.3) is 0 Å². The van der Waals surface area contributed by atoms with Gasteiger partial charge in [-0.25, -0.2) is 4.98 Å². The Bertz CT molecular complexity index is 420. The topological polar surface area (TPSA) is 64.4 Å². The standard InChI is InChI=1S/C14H22N2O3S/c1-3-7-16-14(11-5-6-11,12(17)18-4-2)10-20-13-15-8-9-19-13/h8-9,11,16H,3-7,10H2,1-2H3. The summed E-state index contributed by atoms with van der Waals surface area (Å²) < 4.78 is 10.6. The van der Waals surface area contributed by atoms with Crippen molar-refractivity contribution in [1.82, 2.24) is 10.3 Å². The van der Waals surface area contributed by atoms with E-state index in [1.165, 1.54) is 11.8 Å². The van der Waals surface area contributed by atoms with E-state index in [9.17, 15) is 4.79 Å². The number of hydrogen-bond acceptors (Lipinski definition) is 6. The highest BCUT2D eigenvalue weighted by Crippen LogP contribution is 2.43. The highest BCUT2D eigenvalue weighted by Gasteiger charge is 2.51. The van der Waals surface area contributed by atoms with Crippen LogP contribution in [0.4, 0.5) is 0 Å². The summed E-state index contributed by atoms with van der Waals surface area (Å²) in [5.41, 5.74) is -0.606. The summed E-state index contributed by atoms with van der Waals surface area (Å²) in [6.07, 6.45) is 6.29. The van der Waals surface area contributed by atoms with Crippen molar-refractivity contribution < 1.29 is 13.9 Å². The van der Waals surface area contributed by atoms with E-state index in [2.05, 4.69) is 17.2 Å². The molecule has 0 aliphatic heterocycles. The second kappa shape index (κ2) is 7.13. The number of carbonyl (C=O) groups is 1. The molecule has 1 aliphatic carbocycles. The van der Waals surface area contributed by atoms with Gasteiger partial charge in [0, 0.05) is 5.75 Å². The zero-order valence-corrected chi connectivity index (χ0v) is 12.9. The van der Waals surface area contributed by atoms with Gasteiger partial charge in [-0.05, 0) is 38.6 Å². The lowest BCUT2D eigenvalue weighted by atomic mass is 9.95. The minimum atomic E-state index is -0.606. The molecule has 112 valence electrons. The van der Waals surface area contributed by atoms with E-state index in [-0.39, 0.29) is 5.97 Å². The first kappa shape index (κ1) is 15.4. The van der Waals surface area contributed by atoms with Crippen LogP contribution in [0.1, 0.15) is 33.1 Å². The summed E-state index contributed by atoms with van der Waals surface area (Å²) >= 11 is 1.47. The van der Waals surface area contributed by atoms with Gasteiger partial charge in [-0.15, -0.1) is 0 Å². The zero-order valence-electron chi connectivity index (χ0n) is 12.1. The fourth-order valence-corrected chi connectivity index (χ4v) is 3.32. The molecule has 0 aromatic carbocycles. The summed E-state index contributed by atoms with van der Waals surface area (Å²) in [4.78, 5) is 16.6. The number of esters is 1. The SMILES string of the molecule is CCCNC(CSc1ncco1)(C(=O)OCC)C1CC1. The lowest BCUT2D eigenvalue weighted by Gasteiger charge is -2.32. The molecule has 1 aromatic heterocycles. The van der Waals surface area contributed by atoms with E-state index in [1.807, 2.05) is 6.92 Å². The van der Waals surface area contributed by atoms with Crippen molar-refractivity contribution in [3.8, 4) is 0 Å². The Labute approximate surface area is 123 Å². The van der Waals surface area contributed by atoms with Crippen LogP contribution in [0, 0.1) is 5.92 Å². The van der Waals surface area contributed by atoms with Crippen molar-refractivity contribution in [2.24, 2.45) is 5.92 Å². The molecule has 0 bridgehead atoms. The predicted octanol–water partition coefficient (Wildman–Crippen LogP) is 2.48. The smallest absolute Gasteiger partial charge is 0.327 e. The monoisotopic (exact) mass is 298 g/mol. The molecule has 1 atom stereocenters. The van der Waals surface area contributed by atoms with E-state index < -0.39 is 5.54 Å². The van der Waals surface area contributed by atoms with Crippen molar-refractivity contribution in [3.63, 3.8) is 0 Å². The quantitative estimate of drug-likeness (QED) is 0.558. The van der Waals surface area contributed by atoms with Crippen LogP contribution in [0.3, 0.4) is 0 Å². The molecule has 6 heteroatoms. The summed E-state index contributed by atoms with van der Waals surface area (Å²) in [6, 6.07) is 0. The summed E-state index contributed by atoms with van der Waals surface area (Å²) in [5, 5.41) is 4.02. The average molecular weight is 298 g/mol. The number of aromatic nitrogens is 1. The Hall–Kier alpha value is -1.01. The predicted molar refractivity (Wildman–Crippen MR) is 77.6 cm³/mol. The van der Waals surface area contributed by atoms with Gasteiger partial charge in [-0.2, -0.15) is 0 Å². The highest BCUT2D eigenvalue weighted by atomic mass is 32.2. The average Bonchev–Trinajstić information content (AvgIpc) is 3.16. The molecule has 1 aliphatic rings. The van der Waals surface area contributed by atoms with Crippen molar-refractivity contribution >= 4 is 17.7 Å². The third kappa shape index (κ3) is 3.55. The molecule has 1 saturated carbocycles. The number of oxazole rings is 1. The number of nitrogens with zero attached hydrogens (tertiary/aromatic N) is 1. The molecule has 5 nitrogen and oxygen atoms in total. The van der Waals surface area contributed by atoms with Crippen LogP contribution in [-0.4, -0.2) is 35.4 Å². The van der Waals surface area contributed by atoms with Gasteiger partial charge in [0.25, 0.3) is 5.22 Å². The Balaban J connectivity index is 2.09. The lowest BCUT2D eigenvalue weighted by Crippen LogP contribution is -2.57. The minimum Gasteiger partial charge on any atom is -0.465 e. The van der Waals surface area contributed by atoms with E-state index in [1.54, 1.807) is 12.5 Å². The molecule has 0 amide bonds. The fourth-order valence-electron chi connectivity index (χ4n) is 2.25. The number of thioether (sulfide) groups is 1. The molecule has 2 rings (SSSR count). The number of carbonyl (C=O) groups excluding carboxylic acids is 1. The number of ether oxygens (including phenoxy) is 1. The van der Waals surface area contributed by atoms with Crippen LogP contribution < -0.4 is 5.32 Å². The second-order valence-electron chi connectivity index (χ2n) is 4.98. The molecule has 0 spiro atoms. The first-order valence-corrected chi connectivity index (χ1v) is 8.16. The fraction of sp³-hybridized carbons (Fsp3) is 0.714. The Morgan fingerprint density at radius 1 is 1.60 bits per heavy atom. The van der Waals surface area contributed by atoms with Crippen LogP contribution in [0.5, 0.6) is 0 Å².